The second-order valence-electron chi connectivity index (χ2n) is 5.53. The van der Waals surface area contributed by atoms with Crippen LogP contribution in [0.25, 0.3) is 0 Å². The highest BCUT2D eigenvalue weighted by molar-refractivity contribution is 8.00. The molecule has 3 heterocycles. The Hall–Kier alpha value is -0.590. The molecule has 0 aromatic carbocycles. The maximum Gasteiger partial charge on any atom is 0.229 e. The van der Waals surface area contributed by atoms with E-state index < -0.39 is 0 Å². The van der Waals surface area contributed by atoms with Crippen molar-refractivity contribution in [1.82, 2.24) is 9.88 Å². The highest BCUT2D eigenvalue weighted by atomic mass is 32.2. The molecule has 6 heteroatoms. The van der Waals surface area contributed by atoms with Gasteiger partial charge in [0.15, 0.2) is 0 Å². The molecule has 0 radical (unpaired) electrons. The Labute approximate surface area is 127 Å². The monoisotopic (exact) mass is 312 g/mol. The number of hydrogen-bond donors (Lipinski definition) is 1. The van der Waals surface area contributed by atoms with Gasteiger partial charge in [-0.25, -0.2) is 4.98 Å². The molecule has 4 nitrogen and oxygen atoms in total. The van der Waals surface area contributed by atoms with Crippen LogP contribution in [0, 0.1) is 0 Å². The molecular formula is C14H20N2O2S2. The Balaban J connectivity index is 1.64. The van der Waals surface area contributed by atoms with E-state index in [1.54, 1.807) is 23.1 Å². The third kappa shape index (κ3) is 2.87. The summed E-state index contributed by atoms with van der Waals surface area (Å²) in [5.74, 6) is 1.19. The summed E-state index contributed by atoms with van der Waals surface area (Å²) in [4.78, 5) is 19.0. The fourth-order valence-corrected chi connectivity index (χ4v) is 5.10. The molecule has 2 aliphatic rings. The van der Waals surface area contributed by atoms with Gasteiger partial charge >= 0.3 is 0 Å². The Kier molecular flexibility index (Phi) is 4.33. The van der Waals surface area contributed by atoms with Crippen molar-refractivity contribution in [2.75, 3.05) is 5.75 Å². The van der Waals surface area contributed by atoms with Crippen LogP contribution in [0.3, 0.4) is 0 Å². The Morgan fingerprint density at radius 1 is 1.50 bits per heavy atom. The number of nitrogens with zero attached hydrogens (tertiary/aromatic N) is 2. The fourth-order valence-electron chi connectivity index (χ4n) is 3.36. The summed E-state index contributed by atoms with van der Waals surface area (Å²) in [6.07, 6.45) is 3.77. The lowest BCUT2D eigenvalue weighted by Gasteiger charge is -2.37. The first-order chi connectivity index (χ1) is 9.67. The third-order valence-electron chi connectivity index (χ3n) is 4.13. The first kappa shape index (κ1) is 14.4. The normalized spacial score (nSPS) is 28.9. The zero-order valence-electron chi connectivity index (χ0n) is 11.6. The van der Waals surface area contributed by atoms with Crippen LogP contribution < -0.4 is 0 Å². The van der Waals surface area contributed by atoms with Gasteiger partial charge in [0.05, 0.1) is 18.2 Å². The number of carbonyl (C=O) groups is 1. The number of fused-ring (bicyclic) bond motifs is 2. The first-order valence-corrected chi connectivity index (χ1v) is 9.10. The average molecular weight is 312 g/mol. The minimum Gasteiger partial charge on any atom is -0.393 e. The fraction of sp³-hybridized carbons (Fsp3) is 0.714. The van der Waals surface area contributed by atoms with E-state index in [9.17, 15) is 9.90 Å². The van der Waals surface area contributed by atoms with Crippen molar-refractivity contribution in [2.24, 2.45) is 0 Å². The second-order valence-corrected chi connectivity index (χ2v) is 7.90. The lowest BCUT2D eigenvalue weighted by molar-refractivity contribution is -0.136. The van der Waals surface area contributed by atoms with Crippen molar-refractivity contribution < 1.29 is 9.90 Å². The molecule has 0 spiro atoms. The predicted molar refractivity (Wildman–Crippen MR) is 81.1 cm³/mol. The zero-order chi connectivity index (χ0) is 14.1. The van der Waals surface area contributed by atoms with E-state index >= 15 is 0 Å². The molecule has 2 bridgehead atoms. The van der Waals surface area contributed by atoms with E-state index in [0.717, 1.165) is 41.5 Å². The number of aromatic nitrogens is 1. The minimum atomic E-state index is -0.219. The van der Waals surface area contributed by atoms with Crippen LogP contribution in [0.4, 0.5) is 0 Å². The van der Waals surface area contributed by atoms with E-state index in [2.05, 4.69) is 11.9 Å². The molecular weight excluding hydrogens is 292 g/mol. The predicted octanol–water partition coefficient (Wildman–Crippen LogP) is 2.31. The van der Waals surface area contributed by atoms with Crippen LogP contribution in [0.15, 0.2) is 9.72 Å². The van der Waals surface area contributed by atoms with Crippen LogP contribution in [-0.4, -0.2) is 44.8 Å². The number of amides is 1. The van der Waals surface area contributed by atoms with Crippen molar-refractivity contribution in [1.29, 1.82) is 0 Å². The van der Waals surface area contributed by atoms with Crippen molar-refractivity contribution >= 4 is 29.0 Å². The van der Waals surface area contributed by atoms with Crippen LogP contribution >= 0.6 is 23.1 Å². The molecule has 3 rings (SSSR count). The molecule has 20 heavy (non-hydrogen) atoms. The summed E-state index contributed by atoms with van der Waals surface area (Å²) >= 11 is 3.34. The van der Waals surface area contributed by atoms with E-state index in [-0.39, 0.29) is 24.1 Å². The molecule has 1 amide bonds. The molecule has 110 valence electrons. The van der Waals surface area contributed by atoms with Gasteiger partial charge in [-0.15, -0.1) is 11.3 Å². The number of aliphatic hydroxyl groups is 1. The van der Waals surface area contributed by atoms with Gasteiger partial charge in [-0.2, -0.15) is 0 Å². The van der Waals surface area contributed by atoms with Gasteiger partial charge in [-0.1, -0.05) is 18.7 Å². The van der Waals surface area contributed by atoms with Crippen LogP contribution in [0.5, 0.6) is 0 Å². The van der Waals surface area contributed by atoms with E-state index in [0.29, 0.717) is 6.42 Å². The molecule has 2 fully saturated rings. The van der Waals surface area contributed by atoms with Gasteiger partial charge in [-0.05, 0) is 31.4 Å². The molecule has 1 N–H and O–H groups in total. The number of carbonyl (C=O) groups excluding carboxylic acids is 1. The summed E-state index contributed by atoms with van der Waals surface area (Å²) < 4.78 is 1.05. The van der Waals surface area contributed by atoms with Gasteiger partial charge in [0.1, 0.15) is 4.34 Å². The maximum absolute atomic E-state index is 12.5. The van der Waals surface area contributed by atoms with Gasteiger partial charge in [-0.3, -0.25) is 4.79 Å². The Morgan fingerprint density at radius 2 is 2.20 bits per heavy atom. The van der Waals surface area contributed by atoms with Crippen LogP contribution in [0.2, 0.25) is 0 Å². The molecule has 1 aromatic rings. The van der Waals surface area contributed by atoms with Crippen LogP contribution in [-0.2, 0) is 11.2 Å². The first-order valence-electron chi connectivity index (χ1n) is 7.23. The van der Waals surface area contributed by atoms with Gasteiger partial charge in [0.2, 0.25) is 5.91 Å². The van der Waals surface area contributed by atoms with Crippen molar-refractivity contribution in [3.63, 3.8) is 0 Å². The number of rotatable bonds is 4. The zero-order valence-corrected chi connectivity index (χ0v) is 13.3. The topological polar surface area (TPSA) is 53.4 Å². The Morgan fingerprint density at radius 3 is 2.85 bits per heavy atom. The van der Waals surface area contributed by atoms with Gasteiger partial charge < -0.3 is 10.0 Å². The number of piperidine rings is 1. The SMILES string of the molecule is CCSc1nc(CC(=O)N2[C@@H]3CC[C@H]2C[C@@H](O)C3)cs1. The standard InChI is InChI=1S/C14H20N2O2S2/c1-2-19-14-15-9(8-20-14)5-13(18)16-10-3-4-11(16)7-12(17)6-10/h8,10-12,17H,2-7H2,1H3/t10-,11+,12+. The van der Waals surface area contributed by atoms with E-state index in [1.807, 2.05) is 10.3 Å². The summed E-state index contributed by atoms with van der Waals surface area (Å²) in [6.45, 7) is 2.10. The lowest BCUT2D eigenvalue weighted by Crippen LogP contribution is -2.48. The van der Waals surface area contributed by atoms with E-state index in [1.165, 1.54) is 0 Å². The molecule has 2 saturated heterocycles. The molecule has 1 aromatic heterocycles. The summed E-state index contributed by atoms with van der Waals surface area (Å²) in [6, 6.07) is 0.499. The smallest absolute Gasteiger partial charge is 0.229 e. The lowest BCUT2D eigenvalue weighted by atomic mass is 9.99. The van der Waals surface area contributed by atoms with Crippen molar-refractivity contribution in [3.8, 4) is 0 Å². The quantitative estimate of drug-likeness (QED) is 0.867. The summed E-state index contributed by atoms with van der Waals surface area (Å²) in [5.41, 5.74) is 0.890. The minimum absolute atomic E-state index is 0.183. The average Bonchev–Trinajstić information content (AvgIpc) is 2.93. The van der Waals surface area contributed by atoms with Gasteiger partial charge in [0.25, 0.3) is 0 Å². The van der Waals surface area contributed by atoms with Crippen molar-refractivity contribution in [3.05, 3.63) is 11.1 Å². The molecule has 0 aliphatic carbocycles. The van der Waals surface area contributed by atoms with Crippen LogP contribution in [0.1, 0.15) is 38.3 Å². The van der Waals surface area contributed by atoms with E-state index in [4.69, 9.17) is 0 Å². The molecule has 0 saturated carbocycles. The molecule has 3 atom stereocenters. The second kappa shape index (κ2) is 6.03. The third-order valence-corrected chi connectivity index (χ3v) is 6.08. The summed E-state index contributed by atoms with van der Waals surface area (Å²) in [7, 11) is 0. The molecule has 2 aliphatic heterocycles. The largest absolute Gasteiger partial charge is 0.393 e. The molecule has 0 unspecified atom stereocenters. The highest BCUT2D eigenvalue weighted by Gasteiger charge is 2.42. The summed E-state index contributed by atoms with van der Waals surface area (Å²) in [5, 5.41) is 11.8. The number of thioether (sulfide) groups is 1. The van der Waals surface area contributed by atoms with Crippen molar-refractivity contribution in [2.45, 2.75) is 61.6 Å². The number of thiazole rings is 1. The Bertz CT molecular complexity index is 477. The van der Waals surface area contributed by atoms with Gasteiger partial charge in [0, 0.05) is 17.5 Å². The maximum atomic E-state index is 12.5. The highest BCUT2D eigenvalue weighted by Crippen LogP contribution is 2.36. The number of hydrogen-bond acceptors (Lipinski definition) is 5. The number of aliphatic hydroxyl groups excluding tert-OH is 1.